The van der Waals surface area contributed by atoms with Crippen LogP contribution in [0.1, 0.15) is 12.5 Å². The van der Waals surface area contributed by atoms with Crippen LogP contribution in [-0.4, -0.2) is 19.1 Å². The lowest BCUT2D eigenvalue weighted by Gasteiger charge is -2.21. The van der Waals surface area contributed by atoms with Crippen molar-refractivity contribution in [3.05, 3.63) is 77.1 Å². The zero-order valence-electron chi connectivity index (χ0n) is 13.7. The summed E-state index contributed by atoms with van der Waals surface area (Å²) >= 11 is 0. The predicted octanol–water partition coefficient (Wildman–Crippen LogP) is 4.46. The van der Waals surface area contributed by atoms with Gasteiger partial charge in [0, 0.05) is 36.6 Å². The van der Waals surface area contributed by atoms with E-state index in [1.807, 2.05) is 19.3 Å². The lowest BCUT2D eigenvalue weighted by molar-refractivity contribution is 0.962. The fourth-order valence-corrected chi connectivity index (χ4v) is 2.87. The summed E-state index contributed by atoms with van der Waals surface area (Å²) in [4.78, 5) is 8.68. The van der Waals surface area contributed by atoms with E-state index >= 15 is 0 Å². The summed E-state index contributed by atoms with van der Waals surface area (Å²) < 4.78 is 0. The lowest BCUT2D eigenvalue weighted by atomic mass is 9.89. The monoisotopic (exact) mass is 303 g/mol. The van der Waals surface area contributed by atoms with E-state index < -0.39 is 0 Å². The molecule has 0 saturated carbocycles. The number of nitrogens with zero attached hydrogens (tertiary/aromatic N) is 2. The molecule has 116 valence electrons. The van der Waals surface area contributed by atoms with Crippen molar-refractivity contribution in [3.8, 4) is 0 Å². The second-order valence-electron chi connectivity index (χ2n) is 5.66. The Bertz CT molecular complexity index is 772. The van der Waals surface area contributed by atoms with Crippen LogP contribution in [0.4, 0.5) is 5.69 Å². The first kappa shape index (κ1) is 15.2. The molecule has 0 bridgehead atoms. The van der Waals surface area contributed by atoms with Crippen LogP contribution in [0, 0.1) is 12.8 Å². The van der Waals surface area contributed by atoms with E-state index in [0.717, 1.165) is 17.1 Å². The molecule has 0 spiro atoms. The number of hydrogen-bond acceptors (Lipinski definition) is 3. The van der Waals surface area contributed by atoms with Crippen LogP contribution in [0.15, 0.2) is 81.5 Å². The van der Waals surface area contributed by atoms with Crippen LogP contribution in [0.25, 0.3) is 0 Å². The van der Waals surface area contributed by atoms with Gasteiger partial charge in [-0.25, -0.2) is 4.99 Å². The van der Waals surface area contributed by atoms with Gasteiger partial charge in [-0.2, -0.15) is 0 Å². The van der Waals surface area contributed by atoms with Crippen LogP contribution in [-0.2, 0) is 0 Å². The van der Waals surface area contributed by atoms with Gasteiger partial charge >= 0.3 is 0 Å². The summed E-state index contributed by atoms with van der Waals surface area (Å²) in [5, 5.41) is 3.43. The van der Waals surface area contributed by atoms with Gasteiger partial charge in [0.15, 0.2) is 0 Å². The summed E-state index contributed by atoms with van der Waals surface area (Å²) in [5.74, 6) is 1.15. The SMILES string of the molecule is C/C=C(\C=NC)C1=CC=C2C(Nc3ccc(C)cc3)=NC=CC21. The first-order chi connectivity index (χ1) is 11.2. The van der Waals surface area contributed by atoms with Crippen molar-refractivity contribution in [2.75, 3.05) is 12.4 Å². The van der Waals surface area contributed by atoms with Gasteiger partial charge in [0.1, 0.15) is 5.84 Å². The minimum atomic E-state index is 0.240. The Balaban J connectivity index is 1.81. The molecule has 2 aliphatic rings. The fourth-order valence-electron chi connectivity index (χ4n) is 2.87. The highest BCUT2D eigenvalue weighted by atomic mass is 15.0. The zero-order chi connectivity index (χ0) is 16.2. The number of benzene rings is 1. The van der Waals surface area contributed by atoms with E-state index in [1.54, 1.807) is 7.05 Å². The standard InChI is InChI=1S/C20H21N3/c1-4-15(13-21-3)17-9-10-19-18(17)11-12-22-20(19)23-16-7-5-14(2)6-8-16/h4-13,18H,1-3H3,(H,22,23)/b15-4+,21-13?. The summed E-state index contributed by atoms with van der Waals surface area (Å²) in [6.45, 7) is 4.13. The fraction of sp³-hybridized carbons (Fsp3) is 0.200. The largest absolute Gasteiger partial charge is 0.340 e. The number of rotatable bonds is 3. The number of amidine groups is 1. The molecule has 0 amide bonds. The lowest BCUT2D eigenvalue weighted by Crippen LogP contribution is -2.21. The Kier molecular flexibility index (Phi) is 4.38. The molecule has 3 rings (SSSR count). The van der Waals surface area contributed by atoms with Crippen molar-refractivity contribution < 1.29 is 0 Å². The number of aryl methyl sites for hydroxylation is 1. The Labute approximate surface area is 137 Å². The minimum absolute atomic E-state index is 0.240. The number of hydrogen-bond donors (Lipinski definition) is 1. The second-order valence-corrected chi connectivity index (χ2v) is 5.66. The van der Waals surface area contributed by atoms with E-state index in [1.165, 1.54) is 16.7 Å². The molecule has 1 aliphatic heterocycles. The van der Waals surface area contributed by atoms with Crippen molar-refractivity contribution in [3.63, 3.8) is 0 Å². The molecule has 0 radical (unpaired) electrons. The molecular formula is C20H21N3. The number of allylic oxidation sites excluding steroid dienone is 6. The molecule has 1 aliphatic carbocycles. The summed E-state index contributed by atoms with van der Waals surface area (Å²) in [6.07, 6.45) is 12.3. The van der Waals surface area contributed by atoms with Gasteiger partial charge in [0.25, 0.3) is 0 Å². The van der Waals surface area contributed by atoms with Crippen LogP contribution >= 0.6 is 0 Å². The first-order valence-corrected chi connectivity index (χ1v) is 7.82. The quantitative estimate of drug-likeness (QED) is 0.822. The van der Waals surface area contributed by atoms with E-state index in [9.17, 15) is 0 Å². The molecule has 1 atom stereocenters. The maximum absolute atomic E-state index is 4.53. The summed E-state index contributed by atoms with van der Waals surface area (Å²) in [6, 6.07) is 8.36. The maximum atomic E-state index is 4.53. The summed E-state index contributed by atoms with van der Waals surface area (Å²) in [7, 11) is 1.80. The van der Waals surface area contributed by atoms with E-state index in [0.29, 0.717) is 0 Å². The average Bonchev–Trinajstić information content (AvgIpc) is 3.00. The molecule has 1 unspecified atom stereocenters. The molecule has 0 saturated heterocycles. The molecular weight excluding hydrogens is 282 g/mol. The molecule has 1 aromatic rings. The Morgan fingerprint density at radius 2 is 2.00 bits per heavy atom. The highest BCUT2D eigenvalue weighted by molar-refractivity contribution is 6.11. The van der Waals surface area contributed by atoms with Crippen molar-refractivity contribution in [1.82, 2.24) is 0 Å². The molecule has 1 N–H and O–H groups in total. The van der Waals surface area contributed by atoms with Gasteiger partial charge in [-0.3, -0.25) is 4.99 Å². The van der Waals surface area contributed by atoms with Crippen LogP contribution in [0.3, 0.4) is 0 Å². The molecule has 3 heteroatoms. The van der Waals surface area contributed by atoms with Gasteiger partial charge in [0.2, 0.25) is 0 Å². The highest BCUT2D eigenvalue weighted by Crippen LogP contribution is 2.35. The number of fused-ring (bicyclic) bond motifs is 1. The number of nitrogens with one attached hydrogen (secondary N) is 1. The topological polar surface area (TPSA) is 36.8 Å². The van der Waals surface area contributed by atoms with E-state index in [-0.39, 0.29) is 5.92 Å². The third-order valence-corrected chi connectivity index (χ3v) is 4.09. The van der Waals surface area contributed by atoms with Gasteiger partial charge in [0.05, 0.1) is 0 Å². The van der Waals surface area contributed by atoms with Gasteiger partial charge in [-0.1, -0.05) is 42.0 Å². The van der Waals surface area contributed by atoms with Crippen molar-refractivity contribution >= 4 is 17.7 Å². The van der Waals surface area contributed by atoms with Gasteiger partial charge < -0.3 is 5.32 Å². The number of aliphatic imine (C=N–C) groups is 2. The smallest absolute Gasteiger partial charge is 0.134 e. The van der Waals surface area contributed by atoms with Gasteiger partial charge in [-0.15, -0.1) is 0 Å². The normalized spacial score (nSPS) is 20.2. The number of anilines is 1. The van der Waals surface area contributed by atoms with Crippen molar-refractivity contribution in [1.29, 1.82) is 0 Å². The Morgan fingerprint density at radius 1 is 1.22 bits per heavy atom. The molecule has 3 nitrogen and oxygen atoms in total. The third-order valence-electron chi connectivity index (χ3n) is 4.09. The predicted molar refractivity (Wildman–Crippen MR) is 99.2 cm³/mol. The highest BCUT2D eigenvalue weighted by Gasteiger charge is 2.27. The van der Waals surface area contributed by atoms with Gasteiger partial charge in [-0.05, 0) is 37.1 Å². The maximum Gasteiger partial charge on any atom is 0.134 e. The summed E-state index contributed by atoms with van der Waals surface area (Å²) in [5.41, 5.74) is 5.93. The van der Waals surface area contributed by atoms with Crippen molar-refractivity contribution in [2.24, 2.45) is 15.9 Å². The van der Waals surface area contributed by atoms with Crippen LogP contribution < -0.4 is 5.32 Å². The molecule has 1 aromatic carbocycles. The average molecular weight is 303 g/mol. The second kappa shape index (κ2) is 6.61. The Morgan fingerprint density at radius 3 is 2.70 bits per heavy atom. The van der Waals surface area contributed by atoms with Crippen molar-refractivity contribution in [2.45, 2.75) is 13.8 Å². The molecule has 1 heterocycles. The van der Waals surface area contributed by atoms with Crippen LogP contribution in [0.5, 0.6) is 0 Å². The molecule has 0 fully saturated rings. The van der Waals surface area contributed by atoms with Crippen LogP contribution in [0.2, 0.25) is 0 Å². The first-order valence-electron chi connectivity index (χ1n) is 7.82. The molecule has 23 heavy (non-hydrogen) atoms. The minimum Gasteiger partial charge on any atom is -0.340 e. The van der Waals surface area contributed by atoms with E-state index in [2.05, 4.69) is 70.8 Å². The zero-order valence-corrected chi connectivity index (χ0v) is 13.7. The van der Waals surface area contributed by atoms with E-state index in [4.69, 9.17) is 0 Å². The Hall–Kier alpha value is -2.68. The molecule has 0 aromatic heterocycles. The third kappa shape index (κ3) is 3.09.